The molecule has 2 saturated heterocycles. The third-order valence-electron chi connectivity index (χ3n) is 5.79. The summed E-state index contributed by atoms with van der Waals surface area (Å²) in [5.41, 5.74) is -1.12. The van der Waals surface area contributed by atoms with Gasteiger partial charge in [0.05, 0.1) is 0 Å². The largest absolute Gasteiger partial charge is 0.462 e. The quantitative estimate of drug-likeness (QED) is 0.451. The van der Waals surface area contributed by atoms with Crippen LogP contribution in [0.4, 0.5) is 0 Å². The molecule has 7 heteroatoms. The predicted octanol–water partition coefficient (Wildman–Crippen LogP) is 1.39. The van der Waals surface area contributed by atoms with Gasteiger partial charge in [-0.25, -0.2) is 4.79 Å². The molecule has 0 unspecified atom stereocenters. The summed E-state index contributed by atoms with van der Waals surface area (Å²) in [5.74, 6) is -3.21. The van der Waals surface area contributed by atoms with Crippen LogP contribution in [0.25, 0.3) is 0 Å². The number of Topliss-reactive ketones (excluding diaryl/α,β-unsaturated/α-hetero) is 1. The minimum Gasteiger partial charge on any atom is -0.462 e. The highest BCUT2D eigenvalue weighted by Crippen LogP contribution is 2.44. The first-order valence-corrected chi connectivity index (χ1v) is 9.30. The number of ketones is 1. The van der Waals surface area contributed by atoms with E-state index < -0.39 is 41.7 Å². The highest BCUT2D eigenvalue weighted by atomic mass is 16.6. The lowest BCUT2D eigenvalue weighted by Gasteiger charge is -2.34. The van der Waals surface area contributed by atoms with Crippen LogP contribution in [0.2, 0.25) is 0 Å². The van der Waals surface area contributed by atoms with Crippen molar-refractivity contribution in [1.82, 2.24) is 4.90 Å². The molecule has 0 aromatic heterocycles. The standard InChI is InChI=1S/C20H21NO6/c22-16-17(23)21(14-9-5-2-6-10-14)15-18(24)27-12-20(15,16)19(25)26-11-13-7-3-1-4-8-13/h1,3-4,7-8,14-15H,2,5-6,9-12H2/t15-,20+/m0/s1. The van der Waals surface area contributed by atoms with Crippen LogP contribution in [0.5, 0.6) is 0 Å². The number of carbonyl (C=O) groups is 4. The van der Waals surface area contributed by atoms with E-state index in [1.165, 1.54) is 4.90 Å². The summed E-state index contributed by atoms with van der Waals surface area (Å²) in [6, 6.07) is 7.61. The van der Waals surface area contributed by atoms with Gasteiger partial charge < -0.3 is 14.4 Å². The fourth-order valence-electron chi connectivity index (χ4n) is 4.36. The van der Waals surface area contributed by atoms with Gasteiger partial charge in [0.25, 0.3) is 5.91 Å². The van der Waals surface area contributed by atoms with Crippen LogP contribution in [-0.2, 0) is 35.3 Å². The number of carbonyl (C=O) groups excluding carboxylic acids is 4. The molecule has 7 nitrogen and oxygen atoms in total. The maximum absolute atomic E-state index is 12.9. The Morgan fingerprint density at radius 3 is 2.52 bits per heavy atom. The maximum atomic E-state index is 12.9. The van der Waals surface area contributed by atoms with Gasteiger partial charge >= 0.3 is 11.9 Å². The minimum atomic E-state index is -1.87. The van der Waals surface area contributed by atoms with Gasteiger partial charge in [-0.2, -0.15) is 0 Å². The van der Waals surface area contributed by atoms with E-state index in [1.54, 1.807) is 12.1 Å². The molecule has 1 saturated carbocycles. The maximum Gasteiger partial charge on any atom is 0.330 e. The van der Waals surface area contributed by atoms with Crippen molar-refractivity contribution in [2.24, 2.45) is 5.41 Å². The van der Waals surface area contributed by atoms with E-state index in [1.807, 2.05) is 18.2 Å². The van der Waals surface area contributed by atoms with E-state index in [0.717, 1.165) is 37.7 Å². The molecular weight excluding hydrogens is 350 g/mol. The lowest BCUT2D eigenvalue weighted by atomic mass is 9.81. The van der Waals surface area contributed by atoms with Crippen molar-refractivity contribution in [2.45, 2.75) is 50.8 Å². The number of esters is 2. The minimum absolute atomic E-state index is 0.0345. The Hall–Kier alpha value is -2.70. The van der Waals surface area contributed by atoms with Gasteiger partial charge in [0.1, 0.15) is 13.2 Å². The molecule has 4 rings (SSSR count). The summed E-state index contributed by atoms with van der Waals surface area (Å²) >= 11 is 0. The average Bonchev–Trinajstić information content (AvgIpc) is 3.16. The van der Waals surface area contributed by atoms with Crippen molar-refractivity contribution < 1.29 is 28.7 Å². The third-order valence-corrected chi connectivity index (χ3v) is 5.79. The summed E-state index contributed by atoms with van der Waals surface area (Å²) < 4.78 is 10.4. The van der Waals surface area contributed by atoms with E-state index in [9.17, 15) is 19.2 Å². The Morgan fingerprint density at radius 1 is 1.11 bits per heavy atom. The number of amides is 1. The first kappa shape index (κ1) is 17.7. The zero-order chi connectivity index (χ0) is 19.0. The van der Waals surface area contributed by atoms with Gasteiger partial charge in [-0.1, -0.05) is 49.6 Å². The van der Waals surface area contributed by atoms with Crippen molar-refractivity contribution in [3.8, 4) is 0 Å². The van der Waals surface area contributed by atoms with Gasteiger partial charge in [-0.05, 0) is 18.4 Å². The number of ether oxygens (including phenoxy) is 2. The summed E-state index contributed by atoms with van der Waals surface area (Å²) in [5, 5.41) is 0. The second-order valence-electron chi connectivity index (χ2n) is 7.38. The van der Waals surface area contributed by atoms with E-state index >= 15 is 0 Å². The summed E-state index contributed by atoms with van der Waals surface area (Å²) in [4.78, 5) is 52.2. The van der Waals surface area contributed by atoms with E-state index in [0.29, 0.717) is 0 Å². The van der Waals surface area contributed by atoms with Crippen LogP contribution in [0.15, 0.2) is 30.3 Å². The van der Waals surface area contributed by atoms with Crippen molar-refractivity contribution in [3.63, 3.8) is 0 Å². The van der Waals surface area contributed by atoms with Crippen LogP contribution in [-0.4, -0.2) is 47.2 Å². The Kier molecular flexibility index (Phi) is 4.45. The molecule has 1 aromatic rings. The highest BCUT2D eigenvalue weighted by Gasteiger charge is 2.72. The molecule has 1 aliphatic carbocycles. The highest BCUT2D eigenvalue weighted by molar-refractivity contribution is 6.46. The zero-order valence-electron chi connectivity index (χ0n) is 14.9. The number of nitrogens with zero attached hydrogens (tertiary/aromatic N) is 1. The van der Waals surface area contributed by atoms with Crippen LogP contribution in [0, 0.1) is 5.41 Å². The molecule has 0 N–H and O–H groups in total. The van der Waals surface area contributed by atoms with Crippen LogP contribution >= 0.6 is 0 Å². The van der Waals surface area contributed by atoms with Crippen LogP contribution in [0.3, 0.4) is 0 Å². The topological polar surface area (TPSA) is 90.0 Å². The molecular formula is C20H21NO6. The Morgan fingerprint density at radius 2 is 1.81 bits per heavy atom. The molecule has 2 atom stereocenters. The number of rotatable bonds is 4. The zero-order valence-corrected chi connectivity index (χ0v) is 14.9. The first-order chi connectivity index (χ1) is 13.1. The SMILES string of the molecule is O=C1OC[C@]2(C(=O)OCc3ccccc3)C(=O)C(=O)N(C3CCCCC3)[C@@H]12. The first-order valence-electron chi connectivity index (χ1n) is 9.30. The number of cyclic esters (lactones) is 1. The monoisotopic (exact) mass is 371 g/mol. The van der Waals surface area contributed by atoms with Gasteiger partial charge in [0.2, 0.25) is 11.2 Å². The van der Waals surface area contributed by atoms with E-state index in [-0.39, 0.29) is 12.6 Å². The molecule has 27 heavy (non-hydrogen) atoms. The van der Waals surface area contributed by atoms with Crippen molar-refractivity contribution in [1.29, 1.82) is 0 Å². The molecule has 1 amide bonds. The second-order valence-corrected chi connectivity index (χ2v) is 7.38. The Labute approximate surface area is 156 Å². The fraction of sp³-hybridized carbons (Fsp3) is 0.500. The summed E-state index contributed by atoms with van der Waals surface area (Å²) in [6.07, 6.45) is 4.35. The van der Waals surface area contributed by atoms with Gasteiger partial charge in [-0.3, -0.25) is 14.4 Å². The van der Waals surface area contributed by atoms with Gasteiger partial charge in [0.15, 0.2) is 6.04 Å². The van der Waals surface area contributed by atoms with E-state index in [4.69, 9.17) is 9.47 Å². The van der Waals surface area contributed by atoms with Crippen molar-refractivity contribution >= 4 is 23.6 Å². The van der Waals surface area contributed by atoms with Gasteiger partial charge in [-0.15, -0.1) is 0 Å². The normalized spacial score (nSPS) is 28.2. The molecule has 3 fully saturated rings. The summed E-state index contributed by atoms with van der Waals surface area (Å²) in [6.45, 7) is -0.467. The molecule has 142 valence electrons. The predicted molar refractivity (Wildman–Crippen MR) is 92.1 cm³/mol. The average molecular weight is 371 g/mol. The Balaban J connectivity index is 1.61. The van der Waals surface area contributed by atoms with Crippen LogP contribution < -0.4 is 0 Å². The molecule has 0 bridgehead atoms. The smallest absolute Gasteiger partial charge is 0.330 e. The molecule has 0 radical (unpaired) electrons. The molecule has 0 spiro atoms. The van der Waals surface area contributed by atoms with Crippen molar-refractivity contribution in [2.75, 3.05) is 6.61 Å². The van der Waals surface area contributed by atoms with Crippen molar-refractivity contribution in [3.05, 3.63) is 35.9 Å². The van der Waals surface area contributed by atoms with Crippen LogP contribution in [0.1, 0.15) is 37.7 Å². The number of hydrogen-bond acceptors (Lipinski definition) is 6. The second kappa shape index (κ2) is 6.79. The number of fused-ring (bicyclic) bond motifs is 1. The lowest BCUT2D eigenvalue weighted by molar-refractivity contribution is -0.162. The van der Waals surface area contributed by atoms with Gasteiger partial charge in [0, 0.05) is 6.04 Å². The molecule has 3 aliphatic rings. The third kappa shape index (κ3) is 2.72. The molecule has 2 aliphatic heterocycles. The molecule has 1 aromatic carbocycles. The Bertz CT molecular complexity index is 785. The summed E-state index contributed by atoms with van der Waals surface area (Å²) in [7, 11) is 0. The number of likely N-dealkylation sites (tertiary alicyclic amines) is 1. The lowest BCUT2D eigenvalue weighted by Crippen LogP contribution is -2.51. The molecule has 2 heterocycles. The van der Waals surface area contributed by atoms with E-state index in [2.05, 4.69) is 0 Å². The fourth-order valence-corrected chi connectivity index (χ4v) is 4.36. The number of hydrogen-bond donors (Lipinski definition) is 0. The number of benzene rings is 1.